The van der Waals surface area contributed by atoms with E-state index in [1.807, 2.05) is 41.3 Å². The first-order valence-corrected chi connectivity index (χ1v) is 10.1. The Morgan fingerprint density at radius 2 is 1.71 bits per heavy atom. The number of para-hydroxylation sites is 1. The lowest BCUT2D eigenvalue weighted by atomic mass is 9.86. The molecule has 0 radical (unpaired) electrons. The molecule has 4 heteroatoms. The van der Waals surface area contributed by atoms with Gasteiger partial charge in [-0.3, -0.25) is 4.79 Å². The average molecular weight is 382 g/mol. The van der Waals surface area contributed by atoms with Crippen molar-refractivity contribution in [3.8, 4) is 11.5 Å². The van der Waals surface area contributed by atoms with Crippen LogP contribution in [0.15, 0.2) is 42.5 Å². The van der Waals surface area contributed by atoms with Gasteiger partial charge < -0.3 is 14.4 Å². The number of benzene rings is 2. The Kier molecular flexibility index (Phi) is 6.28. The Balaban J connectivity index is 1.81. The Labute approximate surface area is 168 Å². The molecule has 3 rings (SSSR count). The van der Waals surface area contributed by atoms with Crippen molar-refractivity contribution in [1.82, 2.24) is 4.90 Å². The molecule has 0 unspecified atom stereocenters. The van der Waals surface area contributed by atoms with Gasteiger partial charge in [0.25, 0.3) is 5.91 Å². The molecule has 1 saturated heterocycles. The number of amides is 1. The van der Waals surface area contributed by atoms with Crippen LogP contribution in [0.4, 0.5) is 0 Å². The minimum Gasteiger partial charge on any atom is -0.496 e. The number of methoxy groups -OCH3 is 1. The van der Waals surface area contributed by atoms with Crippen LogP contribution >= 0.6 is 0 Å². The third-order valence-electron chi connectivity index (χ3n) is 5.25. The number of carbonyl (C=O) groups excluding carboxylic acids is 1. The van der Waals surface area contributed by atoms with Crippen LogP contribution < -0.4 is 9.47 Å². The summed E-state index contributed by atoms with van der Waals surface area (Å²) in [5, 5.41) is 0. The minimum atomic E-state index is -0.00719. The fraction of sp³-hybridized carbons (Fsp3) is 0.458. The molecule has 0 N–H and O–H groups in total. The largest absolute Gasteiger partial charge is 0.496 e. The smallest absolute Gasteiger partial charge is 0.253 e. The summed E-state index contributed by atoms with van der Waals surface area (Å²) >= 11 is 0. The van der Waals surface area contributed by atoms with Gasteiger partial charge in [0.05, 0.1) is 7.11 Å². The summed E-state index contributed by atoms with van der Waals surface area (Å²) in [6, 6.07) is 13.7. The van der Waals surface area contributed by atoms with E-state index in [2.05, 4.69) is 26.8 Å². The van der Waals surface area contributed by atoms with Crippen LogP contribution in [-0.4, -0.2) is 31.0 Å². The summed E-state index contributed by atoms with van der Waals surface area (Å²) in [5.41, 5.74) is 2.74. The predicted molar refractivity (Wildman–Crippen MR) is 112 cm³/mol. The van der Waals surface area contributed by atoms with Crippen molar-refractivity contribution in [3.05, 3.63) is 59.2 Å². The molecule has 0 spiro atoms. The highest BCUT2D eigenvalue weighted by molar-refractivity contribution is 5.94. The number of hydrogen-bond donors (Lipinski definition) is 0. The average Bonchev–Trinajstić information content (AvgIpc) is 2.71. The Morgan fingerprint density at radius 3 is 2.39 bits per heavy atom. The zero-order valence-corrected chi connectivity index (χ0v) is 17.5. The van der Waals surface area contributed by atoms with Gasteiger partial charge in [0.1, 0.15) is 18.1 Å². The van der Waals surface area contributed by atoms with E-state index in [1.165, 1.54) is 6.42 Å². The van der Waals surface area contributed by atoms with Crippen LogP contribution in [-0.2, 0) is 12.0 Å². The monoisotopic (exact) mass is 381 g/mol. The summed E-state index contributed by atoms with van der Waals surface area (Å²) in [6.45, 7) is 8.57. The van der Waals surface area contributed by atoms with Crippen molar-refractivity contribution in [2.24, 2.45) is 0 Å². The normalized spacial score (nSPS) is 14.6. The third-order valence-corrected chi connectivity index (χ3v) is 5.25. The highest BCUT2D eigenvalue weighted by Gasteiger charge is 2.21. The maximum Gasteiger partial charge on any atom is 0.253 e. The molecule has 0 aliphatic carbocycles. The van der Waals surface area contributed by atoms with E-state index in [1.54, 1.807) is 7.11 Å². The van der Waals surface area contributed by atoms with Crippen molar-refractivity contribution in [2.45, 2.75) is 52.1 Å². The van der Waals surface area contributed by atoms with E-state index < -0.39 is 0 Å². The molecule has 0 atom stereocenters. The Morgan fingerprint density at radius 1 is 1.00 bits per heavy atom. The molecule has 2 aromatic carbocycles. The van der Waals surface area contributed by atoms with Crippen molar-refractivity contribution < 1.29 is 14.3 Å². The maximum atomic E-state index is 12.9. The SMILES string of the molecule is COc1ccc(C(=O)N2CCCCC2)cc1COc1ccccc1C(C)(C)C. The molecule has 0 aromatic heterocycles. The van der Waals surface area contributed by atoms with Crippen LogP contribution in [0, 0.1) is 0 Å². The van der Waals surface area contributed by atoms with Crippen molar-refractivity contribution in [2.75, 3.05) is 20.2 Å². The second-order valence-electron chi connectivity index (χ2n) is 8.41. The van der Waals surface area contributed by atoms with Crippen LogP contribution in [0.1, 0.15) is 61.5 Å². The highest BCUT2D eigenvalue weighted by atomic mass is 16.5. The number of hydrogen-bond acceptors (Lipinski definition) is 3. The lowest BCUT2D eigenvalue weighted by Crippen LogP contribution is -2.35. The summed E-state index contributed by atoms with van der Waals surface area (Å²) in [7, 11) is 1.65. The van der Waals surface area contributed by atoms with Gasteiger partial charge in [-0.2, -0.15) is 0 Å². The Hall–Kier alpha value is -2.49. The quantitative estimate of drug-likeness (QED) is 0.715. The van der Waals surface area contributed by atoms with Crippen LogP contribution in [0.25, 0.3) is 0 Å². The summed E-state index contributed by atoms with van der Waals surface area (Å²) < 4.78 is 11.7. The number of likely N-dealkylation sites (tertiary alicyclic amines) is 1. The number of piperidine rings is 1. The number of ether oxygens (including phenoxy) is 2. The number of nitrogens with zero attached hydrogens (tertiary/aromatic N) is 1. The van der Waals surface area contributed by atoms with E-state index in [9.17, 15) is 4.79 Å². The minimum absolute atomic E-state index is 0.00719. The standard InChI is InChI=1S/C24H31NO3/c1-24(2,3)20-10-6-7-11-22(20)28-17-19-16-18(12-13-21(19)27-4)23(26)25-14-8-5-9-15-25/h6-7,10-13,16H,5,8-9,14-15,17H2,1-4H3. The molecule has 2 aromatic rings. The maximum absolute atomic E-state index is 12.9. The first-order chi connectivity index (χ1) is 13.4. The van der Waals surface area contributed by atoms with Crippen LogP contribution in [0.3, 0.4) is 0 Å². The number of carbonyl (C=O) groups is 1. The predicted octanol–water partition coefficient (Wildman–Crippen LogP) is 5.20. The lowest BCUT2D eigenvalue weighted by molar-refractivity contribution is 0.0724. The van der Waals surface area contributed by atoms with Gasteiger partial charge in [0.2, 0.25) is 0 Å². The first-order valence-electron chi connectivity index (χ1n) is 10.1. The fourth-order valence-electron chi connectivity index (χ4n) is 3.67. The zero-order chi connectivity index (χ0) is 20.1. The lowest BCUT2D eigenvalue weighted by Gasteiger charge is -2.27. The molecule has 1 fully saturated rings. The molecule has 4 nitrogen and oxygen atoms in total. The fourth-order valence-corrected chi connectivity index (χ4v) is 3.67. The summed E-state index contributed by atoms with van der Waals surface area (Å²) in [4.78, 5) is 14.8. The van der Waals surface area contributed by atoms with Crippen molar-refractivity contribution in [1.29, 1.82) is 0 Å². The number of rotatable bonds is 5. The van der Waals surface area contributed by atoms with Gasteiger partial charge >= 0.3 is 0 Å². The van der Waals surface area contributed by atoms with Gasteiger partial charge in [0.15, 0.2) is 0 Å². The van der Waals surface area contributed by atoms with Crippen molar-refractivity contribution in [3.63, 3.8) is 0 Å². The zero-order valence-electron chi connectivity index (χ0n) is 17.5. The van der Waals surface area contributed by atoms with Gasteiger partial charge in [0, 0.05) is 24.2 Å². The van der Waals surface area contributed by atoms with Gasteiger partial charge in [-0.25, -0.2) is 0 Å². The van der Waals surface area contributed by atoms with E-state index in [0.717, 1.165) is 48.6 Å². The van der Waals surface area contributed by atoms with E-state index in [4.69, 9.17) is 9.47 Å². The topological polar surface area (TPSA) is 38.8 Å². The summed E-state index contributed by atoms with van der Waals surface area (Å²) in [5.74, 6) is 1.70. The van der Waals surface area contributed by atoms with Crippen LogP contribution in [0.2, 0.25) is 0 Å². The van der Waals surface area contributed by atoms with E-state index in [0.29, 0.717) is 12.2 Å². The van der Waals surface area contributed by atoms with E-state index in [-0.39, 0.29) is 11.3 Å². The first kappa shape index (κ1) is 20.2. The highest BCUT2D eigenvalue weighted by Crippen LogP contribution is 2.32. The molecule has 1 amide bonds. The molecule has 1 heterocycles. The third kappa shape index (κ3) is 4.67. The van der Waals surface area contributed by atoms with Gasteiger partial charge in [-0.05, 0) is 54.5 Å². The molecule has 1 aliphatic rings. The Bertz CT molecular complexity index is 817. The van der Waals surface area contributed by atoms with Gasteiger partial charge in [-0.15, -0.1) is 0 Å². The van der Waals surface area contributed by atoms with Crippen LogP contribution in [0.5, 0.6) is 11.5 Å². The van der Waals surface area contributed by atoms with E-state index >= 15 is 0 Å². The molecular formula is C24H31NO3. The molecule has 28 heavy (non-hydrogen) atoms. The molecule has 0 bridgehead atoms. The van der Waals surface area contributed by atoms with Gasteiger partial charge in [-0.1, -0.05) is 39.0 Å². The molecule has 0 saturated carbocycles. The molecule has 1 aliphatic heterocycles. The van der Waals surface area contributed by atoms with Crippen molar-refractivity contribution >= 4 is 5.91 Å². The molecule has 150 valence electrons. The second-order valence-corrected chi connectivity index (χ2v) is 8.41. The summed E-state index contributed by atoms with van der Waals surface area (Å²) in [6.07, 6.45) is 3.38. The second kappa shape index (κ2) is 8.68. The molecular weight excluding hydrogens is 350 g/mol.